The molecule has 0 aromatic heterocycles. The van der Waals surface area contributed by atoms with Gasteiger partial charge < -0.3 is 9.47 Å². The molecule has 0 saturated heterocycles. The number of carbonyl (C=O) groups is 2. The molecular formula is C11H10N2O4. The van der Waals surface area contributed by atoms with Crippen molar-refractivity contribution >= 4 is 17.8 Å². The molecule has 0 bridgehead atoms. The second kappa shape index (κ2) is 4.65. The molecule has 1 aromatic carbocycles. The second-order valence-corrected chi connectivity index (χ2v) is 3.29. The van der Waals surface area contributed by atoms with Gasteiger partial charge in [-0.05, 0) is 12.1 Å². The van der Waals surface area contributed by atoms with E-state index < -0.39 is 11.8 Å². The van der Waals surface area contributed by atoms with E-state index in [0.717, 1.165) is 0 Å². The number of amides is 2. The molecule has 2 amide bonds. The van der Waals surface area contributed by atoms with Crippen molar-refractivity contribution in [2.45, 2.75) is 6.42 Å². The van der Waals surface area contributed by atoms with Crippen molar-refractivity contribution in [1.29, 1.82) is 0 Å². The highest BCUT2D eigenvalue weighted by Crippen LogP contribution is 2.25. The molecular weight excluding hydrogens is 224 g/mol. The first-order chi connectivity index (χ1) is 8.19. The molecule has 1 aromatic rings. The van der Waals surface area contributed by atoms with E-state index in [-0.39, 0.29) is 12.4 Å². The van der Waals surface area contributed by atoms with Crippen LogP contribution < -0.4 is 14.8 Å². The van der Waals surface area contributed by atoms with Crippen molar-refractivity contribution in [3.8, 4) is 11.5 Å². The van der Waals surface area contributed by atoms with Crippen molar-refractivity contribution in [3.63, 3.8) is 0 Å². The normalized spacial score (nSPS) is 15.0. The number of carbonyl (C=O) groups excluding carboxylic acids is 2. The maximum atomic E-state index is 11.1. The summed E-state index contributed by atoms with van der Waals surface area (Å²) >= 11 is 0. The zero-order chi connectivity index (χ0) is 12.3. The minimum atomic E-state index is -0.529. The molecule has 0 aliphatic carbocycles. The maximum absolute atomic E-state index is 11.1. The number of hydrogen-bond donors (Lipinski definition) is 1. The summed E-state index contributed by atoms with van der Waals surface area (Å²) < 4.78 is 10.4. The van der Waals surface area contributed by atoms with Crippen molar-refractivity contribution in [3.05, 3.63) is 24.3 Å². The molecule has 6 nitrogen and oxygen atoms in total. The van der Waals surface area contributed by atoms with Crippen LogP contribution in [0.15, 0.2) is 29.3 Å². The lowest BCUT2D eigenvalue weighted by molar-refractivity contribution is -0.127. The summed E-state index contributed by atoms with van der Waals surface area (Å²) in [5.74, 6) is -0.0974. The molecule has 0 saturated carbocycles. The molecule has 17 heavy (non-hydrogen) atoms. The lowest BCUT2D eigenvalue weighted by Crippen LogP contribution is -2.40. The average Bonchev–Trinajstić information content (AvgIpc) is 2.28. The Morgan fingerprint density at radius 2 is 1.94 bits per heavy atom. The molecule has 2 rings (SSSR count). The summed E-state index contributed by atoms with van der Waals surface area (Å²) in [6.45, 7) is 0. The number of hydrogen-bond acceptors (Lipinski definition) is 4. The van der Waals surface area contributed by atoms with E-state index >= 15 is 0 Å². The zero-order valence-corrected chi connectivity index (χ0v) is 9.10. The van der Waals surface area contributed by atoms with Gasteiger partial charge in [-0.15, -0.1) is 0 Å². The van der Waals surface area contributed by atoms with Gasteiger partial charge in [0, 0.05) is 0 Å². The summed E-state index contributed by atoms with van der Waals surface area (Å²) in [5.41, 5.74) is 0. The van der Waals surface area contributed by atoms with Gasteiger partial charge in [0.1, 0.15) is 6.42 Å². The molecule has 1 N–H and O–H groups in total. The van der Waals surface area contributed by atoms with Gasteiger partial charge in [0.2, 0.25) is 5.91 Å². The third-order valence-electron chi connectivity index (χ3n) is 2.06. The standard InChI is InChI=1S/C11H10N2O4/c1-16-7-4-2-3-5-8(7)17-11-12-9(14)6-10(15)13-11/h2-5H,6H2,1H3,(H,12,13,14,15). The van der Waals surface area contributed by atoms with E-state index in [9.17, 15) is 9.59 Å². The largest absolute Gasteiger partial charge is 0.493 e. The Balaban J connectivity index is 2.21. The van der Waals surface area contributed by atoms with Crippen LogP contribution in [-0.4, -0.2) is 24.9 Å². The topological polar surface area (TPSA) is 77.0 Å². The SMILES string of the molecule is COc1ccccc1OC1=NC(=O)CC(=O)N1. The van der Waals surface area contributed by atoms with Crippen molar-refractivity contribution in [2.24, 2.45) is 4.99 Å². The molecule has 6 heteroatoms. The number of ether oxygens (including phenoxy) is 2. The van der Waals surface area contributed by atoms with E-state index in [0.29, 0.717) is 11.5 Å². The number of aliphatic imine (C=N–C) groups is 1. The average molecular weight is 234 g/mol. The van der Waals surface area contributed by atoms with Gasteiger partial charge in [-0.2, -0.15) is 4.99 Å². The molecule has 0 radical (unpaired) electrons. The van der Waals surface area contributed by atoms with E-state index in [1.54, 1.807) is 24.3 Å². The summed E-state index contributed by atoms with van der Waals surface area (Å²) in [5, 5.41) is 2.36. The lowest BCUT2D eigenvalue weighted by atomic mass is 10.3. The Morgan fingerprint density at radius 1 is 1.24 bits per heavy atom. The van der Waals surface area contributed by atoms with Crippen LogP contribution in [0.5, 0.6) is 11.5 Å². The number of methoxy groups -OCH3 is 1. The molecule has 1 heterocycles. The number of para-hydroxylation sites is 2. The number of benzene rings is 1. The van der Waals surface area contributed by atoms with Gasteiger partial charge >= 0.3 is 6.02 Å². The fourth-order valence-electron chi connectivity index (χ4n) is 1.34. The highest BCUT2D eigenvalue weighted by atomic mass is 16.5. The van der Waals surface area contributed by atoms with Crippen LogP contribution in [0.25, 0.3) is 0 Å². The molecule has 0 atom stereocenters. The summed E-state index contributed by atoms with van der Waals surface area (Å²) in [6.07, 6.45) is -0.251. The van der Waals surface area contributed by atoms with Crippen LogP contribution in [0.2, 0.25) is 0 Å². The molecule has 88 valence electrons. The van der Waals surface area contributed by atoms with Gasteiger partial charge in [0.15, 0.2) is 11.5 Å². The number of rotatable bonds is 2. The Hall–Kier alpha value is -2.37. The summed E-state index contributed by atoms with van der Waals surface area (Å²) in [4.78, 5) is 25.7. The predicted octanol–water partition coefficient (Wildman–Crippen LogP) is 0.476. The highest BCUT2D eigenvalue weighted by Gasteiger charge is 2.20. The Labute approximate surface area is 97.2 Å². The fourth-order valence-corrected chi connectivity index (χ4v) is 1.34. The smallest absolute Gasteiger partial charge is 0.305 e. The van der Waals surface area contributed by atoms with E-state index in [1.807, 2.05) is 0 Å². The van der Waals surface area contributed by atoms with Gasteiger partial charge in [-0.3, -0.25) is 14.9 Å². The number of nitrogens with one attached hydrogen (secondary N) is 1. The van der Waals surface area contributed by atoms with Crippen LogP contribution in [0.1, 0.15) is 6.42 Å². The molecule has 0 fully saturated rings. The molecule has 0 spiro atoms. The van der Waals surface area contributed by atoms with Crippen LogP contribution in [0.3, 0.4) is 0 Å². The number of nitrogens with zero attached hydrogens (tertiary/aromatic N) is 1. The Morgan fingerprint density at radius 3 is 2.59 bits per heavy atom. The fraction of sp³-hybridized carbons (Fsp3) is 0.182. The van der Waals surface area contributed by atoms with E-state index in [4.69, 9.17) is 9.47 Å². The van der Waals surface area contributed by atoms with Gasteiger partial charge in [-0.1, -0.05) is 12.1 Å². The zero-order valence-electron chi connectivity index (χ0n) is 9.10. The third-order valence-corrected chi connectivity index (χ3v) is 2.06. The van der Waals surface area contributed by atoms with Crippen LogP contribution in [0.4, 0.5) is 0 Å². The highest BCUT2D eigenvalue weighted by molar-refractivity contribution is 6.12. The van der Waals surface area contributed by atoms with Crippen molar-refractivity contribution in [1.82, 2.24) is 5.32 Å². The molecule has 0 unspecified atom stereocenters. The Kier molecular flexibility index (Phi) is 3.04. The maximum Gasteiger partial charge on any atom is 0.305 e. The first-order valence-corrected chi connectivity index (χ1v) is 4.91. The minimum Gasteiger partial charge on any atom is -0.493 e. The molecule has 1 aliphatic heterocycles. The van der Waals surface area contributed by atoms with Gasteiger partial charge in [0.25, 0.3) is 5.91 Å². The number of amidine groups is 1. The monoisotopic (exact) mass is 234 g/mol. The van der Waals surface area contributed by atoms with Gasteiger partial charge in [-0.25, -0.2) is 0 Å². The Bertz CT molecular complexity index is 496. The van der Waals surface area contributed by atoms with Crippen LogP contribution >= 0.6 is 0 Å². The third kappa shape index (κ3) is 2.60. The first kappa shape index (κ1) is 11.1. The minimum absolute atomic E-state index is 0.129. The summed E-state index contributed by atoms with van der Waals surface area (Å²) in [7, 11) is 1.49. The lowest BCUT2D eigenvalue weighted by Gasteiger charge is -2.14. The second-order valence-electron chi connectivity index (χ2n) is 3.29. The predicted molar refractivity (Wildman–Crippen MR) is 58.8 cm³/mol. The van der Waals surface area contributed by atoms with Crippen molar-refractivity contribution in [2.75, 3.05) is 7.11 Å². The van der Waals surface area contributed by atoms with Crippen molar-refractivity contribution < 1.29 is 19.1 Å². The molecule has 1 aliphatic rings. The van der Waals surface area contributed by atoms with Crippen LogP contribution in [-0.2, 0) is 9.59 Å². The van der Waals surface area contributed by atoms with E-state index in [2.05, 4.69) is 10.3 Å². The van der Waals surface area contributed by atoms with E-state index in [1.165, 1.54) is 7.11 Å². The quantitative estimate of drug-likeness (QED) is 0.755. The first-order valence-electron chi connectivity index (χ1n) is 4.91. The summed E-state index contributed by atoms with van der Waals surface area (Å²) in [6, 6.07) is 6.73. The van der Waals surface area contributed by atoms with Gasteiger partial charge in [0.05, 0.1) is 7.11 Å². The van der Waals surface area contributed by atoms with Crippen LogP contribution in [0, 0.1) is 0 Å².